The van der Waals surface area contributed by atoms with Crippen molar-refractivity contribution in [3.8, 4) is 22.7 Å². The van der Waals surface area contributed by atoms with Crippen molar-refractivity contribution in [1.82, 2.24) is 14.7 Å². The number of benzene rings is 3. The van der Waals surface area contributed by atoms with Gasteiger partial charge in [0.05, 0.1) is 16.3 Å². The Morgan fingerprint density at radius 2 is 1.82 bits per heavy atom. The fourth-order valence-corrected chi connectivity index (χ4v) is 5.76. The van der Waals surface area contributed by atoms with Crippen molar-refractivity contribution in [2.45, 2.75) is 20.0 Å². The molecule has 0 N–H and O–H groups in total. The third kappa shape index (κ3) is 5.81. The summed E-state index contributed by atoms with van der Waals surface area (Å²) in [5.74, 6) is 0.633. The number of hydrogen-bond donors (Lipinski definition) is 0. The van der Waals surface area contributed by atoms with Crippen LogP contribution in [-0.4, -0.2) is 31.5 Å². The number of carbonyl (C=O) groups excluding carboxylic acids is 1. The number of aromatic nitrogens is 2. The van der Waals surface area contributed by atoms with Gasteiger partial charge in [-0.25, -0.2) is 4.68 Å². The number of halogens is 2. The molecule has 0 aliphatic carbocycles. The molecule has 0 spiro atoms. The van der Waals surface area contributed by atoms with Crippen LogP contribution in [0.2, 0.25) is 10.0 Å². The molecule has 0 saturated carbocycles. The molecule has 0 bridgehead atoms. The SMILES string of the molecule is CCCN1C(=O)/C(=C/c2cn(-c3ccccc3)nc2-c2ccc(OCc3ccc(Cl)cc3Cl)cc2)SC1=S. The van der Waals surface area contributed by atoms with Crippen LogP contribution >= 0.6 is 47.2 Å². The number of nitrogens with zero attached hydrogens (tertiary/aromatic N) is 3. The third-order valence-corrected chi connectivity index (χ3v) is 7.87. The van der Waals surface area contributed by atoms with E-state index >= 15 is 0 Å². The molecule has 5 nitrogen and oxygen atoms in total. The Kier molecular flexibility index (Phi) is 8.19. The minimum Gasteiger partial charge on any atom is -0.489 e. The van der Waals surface area contributed by atoms with Gasteiger partial charge in [-0.3, -0.25) is 9.69 Å². The second kappa shape index (κ2) is 11.7. The van der Waals surface area contributed by atoms with E-state index in [-0.39, 0.29) is 5.91 Å². The number of para-hydroxylation sites is 1. The van der Waals surface area contributed by atoms with E-state index in [1.807, 2.05) is 84.5 Å². The van der Waals surface area contributed by atoms with Crippen LogP contribution in [0.5, 0.6) is 5.75 Å². The monoisotopic (exact) mass is 579 g/mol. The first kappa shape index (κ1) is 26.5. The third-order valence-electron chi connectivity index (χ3n) is 5.91. The van der Waals surface area contributed by atoms with Crippen molar-refractivity contribution < 1.29 is 9.53 Å². The van der Waals surface area contributed by atoms with E-state index in [0.717, 1.165) is 34.5 Å². The number of hydrogen-bond acceptors (Lipinski definition) is 5. The highest BCUT2D eigenvalue weighted by molar-refractivity contribution is 8.26. The summed E-state index contributed by atoms with van der Waals surface area (Å²) in [5.41, 5.74) is 4.25. The molecule has 1 amide bonds. The van der Waals surface area contributed by atoms with Crippen LogP contribution in [0.1, 0.15) is 24.5 Å². The normalized spacial score (nSPS) is 14.5. The molecule has 5 rings (SSSR count). The molecule has 1 fully saturated rings. The van der Waals surface area contributed by atoms with Gasteiger partial charge in [-0.05, 0) is 61.0 Å². The Hall–Kier alpha value is -3.10. The van der Waals surface area contributed by atoms with Gasteiger partial charge in [0, 0.05) is 39.5 Å². The maximum absolute atomic E-state index is 13.0. The molecule has 0 radical (unpaired) electrons. The van der Waals surface area contributed by atoms with Crippen LogP contribution in [0, 0.1) is 0 Å². The first-order valence-corrected chi connectivity index (χ1v) is 14.0. The quantitative estimate of drug-likeness (QED) is 0.156. The van der Waals surface area contributed by atoms with Gasteiger partial charge in [0.2, 0.25) is 0 Å². The topological polar surface area (TPSA) is 47.4 Å². The van der Waals surface area contributed by atoms with Crippen LogP contribution in [0.4, 0.5) is 0 Å². The van der Waals surface area contributed by atoms with Crippen LogP contribution in [-0.2, 0) is 11.4 Å². The molecular formula is C29H23Cl2N3O2S2. The van der Waals surface area contributed by atoms with Crippen molar-refractivity contribution in [3.63, 3.8) is 0 Å². The van der Waals surface area contributed by atoms with E-state index in [9.17, 15) is 4.79 Å². The zero-order valence-corrected chi connectivity index (χ0v) is 23.6. The molecule has 1 aromatic heterocycles. The minimum absolute atomic E-state index is 0.0649. The summed E-state index contributed by atoms with van der Waals surface area (Å²) in [6.45, 7) is 2.96. The molecular weight excluding hydrogens is 557 g/mol. The highest BCUT2D eigenvalue weighted by atomic mass is 35.5. The number of amides is 1. The maximum Gasteiger partial charge on any atom is 0.266 e. The van der Waals surface area contributed by atoms with Gasteiger partial charge in [0.1, 0.15) is 16.7 Å². The smallest absolute Gasteiger partial charge is 0.266 e. The average Bonchev–Trinajstić information content (AvgIpc) is 3.46. The molecule has 1 saturated heterocycles. The number of thiocarbonyl (C=S) groups is 1. The van der Waals surface area contributed by atoms with Gasteiger partial charge < -0.3 is 4.74 Å². The van der Waals surface area contributed by atoms with Crippen LogP contribution < -0.4 is 4.74 Å². The number of thioether (sulfide) groups is 1. The summed E-state index contributed by atoms with van der Waals surface area (Å²) in [5, 5.41) is 6.02. The Bertz CT molecular complexity index is 1520. The predicted octanol–water partition coefficient (Wildman–Crippen LogP) is 8.04. The van der Waals surface area contributed by atoms with Crippen molar-refractivity contribution in [3.05, 3.63) is 105 Å². The number of carbonyl (C=O) groups is 1. The zero-order chi connectivity index (χ0) is 26.6. The maximum atomic E-state index is 13.0. The Balaban J connectivity index is 1.44. The van der Waals surface area contributed by atoms with Crippen molar-refractivity contribution >= 4 is 63.5 Å². The lowest BCUT2D eigenvalue weighted by Crippen LogP contribution is -2.28. The Labute approximate surface area is 241 Å². The summed E-state index contributed by atoms with van der Waals surface area (Å²) in [6, 6.07) is 22.9. The second-order valence-electron chi connectivity index (χ2n) is 8.60. The van der Waals surface area contributed by atoms with Gasteiger partial charge in [-0.15, -0.1) is 0 Å². The van der Waals surface area contributed by atoms with Crippen molar-refractivity contribution in [2.24, 2.45) is 0 Å². The fraction of sp³-hybridized carbons (Fsp3) is 0.138. The van der Waals surface area contributed by atoms with E-state index in [0.29, 0.717) is 38.2 Å². The summed E-state index contributed by atoms with van der Waals surface area (Å²) >= 11 is 19.0. The van der Waals surface area contributed by atoms with Gasteiger partial charge in [0.25, 0.3) is 5.91 Å². The van der Waals surface area contributed by atoms with E-state index in [1.54, 1.807) is 17.0 Å². The summed E-state index contributed by atoms with van der Waals surface area (Å²) in [4.78, 5) is 15.3. The van der Waals surface area contributed by atoms with E-state index in [4.69, 9.17) is 45.3 Å². The van der Waals surface area contributed by atoms with Crippen molar-refractivity contribution in [2.75, 3.05) is 6.54 Å². The summed E-state index contributed by atoms with van der Waals surface area (Å²) in [7, 11) is 0. The van der Waals surface area contributed by atoms with Crippen LogP contribution in [0.3, 0.4) is 0 Å². The number of ether oxygens (including phenoxy) is 1. The molecule has 9 heteroatoms. The standard InChI is InChI=1S/C29H23Cl2N3O2S2/c1-2-14-33-28(35)26(38-29(33)37)15-21-17-34(23-6-4-3-5-7-23)32-27(21)19-9-12-24(13-10-19)36-18-20-8-11-22(30)16-25(20)31/h3-13,15-17H,2,14,18H2,1H3/b26-15-. The second-order valence-corrected chi connectivity index (χ2v) is 11.1. The van der Waals surface area contributed by atoms with Gasteiger partial charge >= 0.3 is 0 Å². The van der Waals surface area contributed by atoms with Gasteiger partial charge in [0.15, 0.2) is 0 Å². The Morgan fingerprint density at radius 3 is 2.53 bits per heavy atom. The van der Waals surface area contributed by atoms with Gasteiger partial charge in [-0.2, -0.15) is 5.10 Å². The van der Waals surface area contributed by atoms with Crippen molar-refractivity contribution in [1.29, 1.82) is 0 Å². The molecule has 0 atom stereocenters. The van der Waals surface area contributed by atoms with E-state index in [1.165, 1.54) is 11.8 Å². The summed E-state index contributed by atoms with van der Waals surface area (Å²) in [6.07, 6.45) is 4.66. The fourth-order valence-electron chi connectivity index (χ4n) is 4.00. The minimum atomic E-state index is -0.0649. The lowest BCUT2D eigenvalue weighted by Gasteiger charge is -2.11. The first-order chi connectivity index (χ1) is 18.4. The van der Waals surface area contributed by atoms with E-state index in [2.05, 4.69) is 0 Å². The predicted molar refractivity (Wildman–Crippen MR) is 160 cm³/mol. The van der Waals surface area contributed by atoms with Crippen LogP contribution in [0.25, 0.3) is 23.0 Å². The van der Waals surface area contributed by atoms with E-state index < -0.39 is 0 Å². The highest BCUT2D eigenvalue weighted by Gasteiger charge is 2.31. The van der Waals surface area contributed by atoms with Crippen LogP contribution in [0.15, 0.2) is 83.9 Å². The molecule has 2 heterocycles. The highest BCUT2D eigenvalue weighted by Crippen LogP contribution is 2.35. The molecule has 3 aromatic carbocycles. The van der Waals surface area contributed by atoms with Gasteiger partial charge in [-0.1, -0.05) is 78.4 Å². The lowest BCUT2D eigenvalue weighted by atomic mass is 10.1. The molecule has 0 unspecified atom stereocenters. The lowest BCUT2D eigenvalue weighted by molar-refractivity contribution is -0.122. The number of rotatable bonds is 8. The molecule has 38 heavy (non-hydrogen) atoms. The molecule has 192 valence electrons. The summed E-state index contributed by atoms with van der Waals surface area (Å²) < 4.78 is 8.35. The molecule has 1 aliphatic rings. The largest absolute Gasteiger partial charge is 0.489 e. The average molecular weight is 581 g/mol. The zero-order valence-electron chi connectivity index (χ0n) is 20.4. The Morgan fingerprint density at radius 1 is 1.05 bits per heavy atom. The molecule has 1 aliphatic heterocycles. The molecule has 4 aromatic rings. The first-order valence-electron chi connectivity index (χ1n) is 12.0.